The summed E-state index contributed by atoms with van der Waals surface area (Å²) < 4.78 is 11.0. The maximum atomic E-state index is 13.6. The summed E-state index contributed by atoms with van der Waals surface area (Å²) in [5, 5.41) is 1.12. The third-order valence-corrected chi connectivity index (χ3v) is 6.69. The summed E-state index contributed by atoms with van der Waals surface area (Å²) in [7, 11) is 0. The van der Waals surface area contributed by atoms with Gasteiger partial charge in [0, 0.05) is 23.7 Å². The van der Waals surface area contributed by atoms with Gasteiger partial charge in [-0.05, 0) is 61.6 Å². The number of rotatable bonds is 5. The molecular formula is C26H28N2O3. The van der Waals surface area contributed by atoms with Crippen LogP contribution in [0.2, 0.25) is 0 Å². The molecule has 2 aliphatic rings. The van der Waals surface area contributed by atoms with Crippen LogP contribution in [0.4, 0.5) is 0 Å². The highest BCUT2D eigenvalue weighted by molar-refractivity contribution is 5.86. The summed E-state index contributed by atoms with van der Waals surface area (Å²) in [6.45, 7) is 4.98. The van der Waals surface area contributed by atoms with Crippen LogP contribution in [0, 0.1) is 13.8 Å². The molecule has 1 aliphatic carbocycles. The van der Waals surface area contributed by atoms with Crippen LogP contribution in [0.3, 0.4) is 0 Å². The Kier molecular flexibility index (Phi) is 5.26. The maximum Gasteiger partial charge on any atom is 0.231 e. The first-order valence-corrected chi connectivity index (χ1v) is 11.1. The Morgan fingerprint density at radius 1 is 1.06 bits per heavy atom. The molecule has 1 aliphatic heterocycles. The number of carbonyl (C=O) groups excluding carboxylic acids is 1. The fourth-order valence-electron chi connectivity index (χ4n) is 4.96. The lowest BCUT2D eigenvalue weighted by atomic mass is 9.98. The number of para-hydroxylation sites is 1. The maximum absolute atomic E-state index is 13.6. The third kappa shape index (κ3) is 3.85. The molecule has 0 spiro atoms. The van der Waals surface area contributed by atoms with Gasteiger partial charge < -0.3 is 14.4 Å². The van der Waals surface area contributed by atoms with Crippen molar-refractivity contribution < 1.29 is 14.3 Å². The number of nitrogens with zero attached hydrogens (tertiary/aromatic N) is 2. The summed E-state index contributed by atoms with van der Waals surface area (Å²) in [5.74, 6) is 1.71. The molecule has 5 heteroatoms. The number of aromatic nitrogens is 1. The predicted octanol–water partition coefficient (Wildman–Crippen LogP) is 5.09. The summed E-state index contributed by atoms with van der Waals surface area (Å²) in [4.78, 5) is 20.5. The molecule has 5 nitrogen and oxygen atoms in total. The standard InChI is InChI=1S/C26H28N2O3/c1-17-21-9-5-6-10-23(21)27-18(2)22(17)14-26(29)28(20-7-3-4-8-20)15-19-11-12-24-25(13-19)31-16-30-24/h5-6,9-13,20H,3-4,7-8,14-16H2,1-2H3. The van der Waals surface area contributed by atoms with Crippen molar-refractivity contribution >= 4 is 16.8 Å². The largest absolute Gasteiger partial charge is 0.454 e. The van der Waals surface area contributed by atoms with Gasteiger partial charge in [0.05, 0.1) is 11.9 Å². The molecule has 1 fully saturated rings. The molecule has 2 heterocycles. The number of amides is 1. The van der Waals surface area contributed by atoms with Crippen LogP contribution in [-0.2, 0) is 17.8 Å². The quantitative estimate of drug-likeness (QED) is 0.581. The monoisotopic (exact) mass is 416 g/mol. The van der Waals surface area contributed by atoms with Crippen molar-refractivity contribution in [1.82, 2.24) is 9.88 Å². The molecule has 31 heavy (non-hydrogen) atoms. The fraction of sp³-hybridized carbons (Fsp3) is 0.385. The highest BCUT2D eigenvalue weighted by Gasteiger charge is 2.28. The highest BCUT2D eigenvalue weighted by atomic mass is 16.7. The van der Waals surface area contributed by atoms with E-state index in [-0.39, 0.29) is 12.7 Å². The molecule has 5 rings (SSSR count). The summed E-state index contributed by atoms with van der Waals surface area (Å²) >= 11 is 0. The smallest absolute Gasteiger partial charge is 0.231 e. The van der Waals surface area contributed by atoms with Gasteiger partial charge in [-0.1, -0.05) is 37.1 Å². The molecule has 160 valence electrons. The molecule has 2 aromatic carbocycles. The molecule has 1 aromatic heterocycles. The van der Waals surface area contributed by atoms with Crippen LogP contribution >= 0.6 is 0 Å². The summed E-state index contributed by atoms with van der Waals surface area (Å²) in [6.07, 6.45) is 4.90. The second-order valence-corrected chi connectivity index (χ2v) is 8.64. The number of hydrogen-bond acceptors (Lipinski definition) is 4. The van der Waals surface area contributed by atoms with Gasteiger partial charge in [-0.2, -0.15) is 0 Å². The average molecular weight is 417 g/mol. The van der Waals surface area contributed by atoms with E-state index in [1.54, 1.807) is 0 Å². The lowest BCUT2D eigenvalue weighted by molar-refractivity contribution is -0.133. The number of fused-ring (bicyclic) bond motifs is 2. The molecule has 0 radical (unpaired) electrons. The highest BCUT2D eigenvalue weighted by Crippen LogP contribution is 2.34. The Morgan fingerprint density at radius 2 is 1.84 bits per heavy atom. The van der Waals surface area contributed by atoms with Crippen LogP contribution in [0.5, 0.6) is 11.5 Å². The first-order chi connectivity index (χ1) is 15.1. The van der Waals surface area contributed by atoms with E-state index in [0.717, 1.165) is 57.6 Å². The minimum atomic E-state index is 0.174. The van der Waals surface area contributed by atoms with E-state index in [1.165, 1.54) is 12.8 Å². The lowest BCUT2D eigenvalue weighted by Gasteiger charge is -2.30. The van der Waals surface area contributed by atoms with Crippen molar-refractivity contribution in [2.45, 2.75) is 58.5 Å². The van der Waals surface area contributed by atoms with Gasteiger partial charge >= 0.3 is 0 Å². The third-order valence-electron chi connectivity index (χ3n) is 6.69. The van der Waals surface area contributed by atoms with Crippen molar-refractivity contribution in [2.75, 3.05) is 6.79 Å². The van der Waals surface area contributed by atoms with Crippen molar-refractivity contribution in [2.24, 2.45) is 0 Å². The minimum absolute atomic E-state index is 0.174. The van der Waals surface area contributed by atoms with Crippen molar-refractivity contribution in [1.29, 1.82) is 0 Å². The van der Waals surface area contributed by atoms with Crippen molar-refractivity contribution in [3.05, 3.63) is 64.8 Å². The van der Waals surface area contributed by atoms with Crippen LogP contribution in [0.15, 0.2) is 42.5 Å². The summed E-state index contributed by atoms with van der Waals surface area (Å²) in [6, 6.07) is 14.4. The van der Waals surface area contributed by atoms with Gasteiger partial charge in [-0.25, -0.2) is 0 Å². The van der Waals surface area contributed by atoms with Gasteiger partial charge in [0.15, 0.2) is 11.5 Å². The van der Waals surface area contributed by atoms with E-state index in [0.29, 0.717) is 19.0 Å². The number of carbonyl (C=O) groups is 1. The van der Waals surface area contributed by atoms with Gasteiger partial charge in [-0.3, -0.25) is 9.78 Å². The lowest BCUT2D eigenvalue weighted by Crippen LogP contribution is -2.39. The number of hydrogen-bond donors (Lipinski definition) is 0. The van der Waals surface area contributed by atoms with E-state index < -0.39 is 0 Å². The van der Waals surface area contributed by atoms with Crippen LogP contribution < -0.4 is 9.47 Å². The number of aryl methyl sites for hydroxylation is 2. The summed E-state index contributed by atoms with van der Waals surface area (Å²) in [5.41, 5.74) is 5.22. The van der Waals surface area contributed by atoms with Crippen LogP contribution in [-0.4, -0.2) is 28.6 Å². The van der Waals surface area contributed by atoms with Crippen LogP contribution in [0.25, 0.3) is 10.9 Å². The Morgan fingerprint density at radius 3 is 2.68 bits per heavy atom. The zero-order valence-corrected chi connectivity index (χ0v) is 18.2. The topological polar surface area (TPSA) is 51.7 Å². The Balaban J connectivity index is 1.43. The second kappa shape index (κ2) is 8.22. The van der Waals surface area contributed by atoms with Gasteiger partial charge in [0.25, 0.3) is 0 Å². The Hall–Kier alpha value is -3.08. The molecule has 1 saturated carbocycles. The van der Waals surface area contributed by atoms with Crippen LogP contribution in [0.1, 0.15) is 48.1 Å². The fourth-order valence-corrected chi connectivity index (χ4v) is 4.96. The molecule has 0 unspecified atom stereocenters. The Bertz CT molecular complexity index is 1130. The van der Waals surface area contributed by atoms with Gasteiger partial charge in [0.1, 0.15) is 0 Å². The van der Waals surface area contributed by atoms with E-state index in [1.807, 2.05) is 43.3 Å². The molecule has 0 bridgehead atoms. The normalized spacial score (nSPS) is 15.5. The molecule has 1 amide bonds. The first-order valence-electron chi connectivity index (χ1n) is 11.1. The number of ether oxygens (including phenoxy) is 2. The molecular weight excluding hydrogens is 388 g/mol. The van der Waals surface area contributed by atoms with Crippen molar-refractivity contribution in [3.8, 4) is 11.5 Å². The van der Waals surface area contributed by atoms with Gasteiger partial charge in [-0.15, -0.1) is 0 Å². The van der Waals surface area contributed by atoms with Crippen molar-refractivity contribution in [3.63, 3.8) is 0 Å². The Labute approximate surface area is 183 Å². The zero-order valence-electron chi connectivity index (χ0n) is 18.2. The average Bonchev–Trinajstić information content (AvgIpc) is 3.46. The zero-order chi connectivity index (χ0) is 21.4. The van der Waals surface area contributed by atoms with Gasteiger partial charge in [0.2, 0.25) is 12.7 Å². The molecule has 3 aromatic rings. The van der Waals surface area contributed by atoms with E-state index >= 15 is 0 Å². The SMILES string of the molecule is Cc1nc2ccccc2c(C)c1CC(=O)N(Cc1ccc2c(c1)OCO2)C1CCCC1. The molecule has 0 atom stereocenters. The first kappa shape index (κ1) is 19.9. The molecule has 0 saturated heterocycles. The minimum Gasteiger partial charge on any atom is -0.454 e. The number of pyridine rings is 1. The van der Waals surface area contributed by atoms with E-state index in [2.05, 4.69) is 17.9 Å². The van der Waals surface area contributed by atoms with E-state index in [4.69, 9.17) is 14.5 Å². The predicted molar refractivity (Wildman–Crippen MR) is 120 cm³/mol. The second-order valence-electron chi connectivity index (χ2n) is 8.64. The van der Waals surface area contributed by atoms with E-state index in [9.17, 15) is 4.79 Å². The number of benzene rings is 2. The molecule has 0 N–H and O–H groups in total.